The second kappa shape index (κ2) is 7.00. The molecular formula is C14H8F7NO4S2. The van der Waals surface area contributed by atoms with E-state index in [1.165, 1.54) is 6.07 Å². The van der Waals surface area contributed by atoms with E-state index in [2.05, 4.69) is 0 Å². The second-order valence-corrected chi connectivity index (χ2v) is 8.87. The number of hydrogen-bond acceptors (Lipinski definition) is 4. The number of sulfonamides is 2. The molecule has 28 heavy (non-hydrogen) atoms. The Morgan fingerprint density at radius 2 is 1.25 bits per heavy atom. The molecular weight excluding hydrogens is 443 g/mol. The van der Waals surface area contributed by atoms with Crippen LogP contribution in [0.25, 0.3) is 0 Å². The summed E-state index contributed by atoms with van der Waals surface area (Å²) >= 11 is 0. The van der Waals surface area contributed by atoms with Crippen molar-refractivity contribution in [2.45, 2.75) is 22.1 Å². The van der Waals surface area contributed by atoms with E-state index in [-0.39, 0.29) is 12.1 Å². The number of alkyl halides is 6. The molecule has 0 aliphatic heterocycles. The fourth-order valence-corrected chi connectivity index (χ4v) is 5.08. The maximum Gasteiger partial charge on any atom is 0.417 e. The third-order valence-electron chi connectivity index (χ3n) is 3.31. The summed E-state index contributed by atoms with van der Waals surface area (Å²) < 4.78 is 138. The van der Waals surface area contributed by atoms with Crippen LogP contribution in [0, 0.1) is 0 Å². The largest absolute Gasteiger partial charge is 0.417 e. The zero-order valence-corrected chi connectivity index (χ0v) is 14.8. The van der Waals surface area contributed by atoms with Gasteiger partial charge < -0.3 is 0 Å². The highest BCUT2D eigenvalue weighted by atomic mass is 32.3. The highest BCUT2D eigenvalue weighted by Crippen LogP contribution is 2.40. The van der Waals surface area contributed by atoms with Crippen molar-refractivity contribution < 1.29 is 47.7 Å². The van der Waals surface area contributed by atoms with E-state index in [4.69, 9.17) is 0 Å². The van der Waals surface area contributed by atoms with Crippen LogP contribution < -0.4 is 0 Å². The number of nitrogens with zero attached hydrogens (tertiary/aromatic N) is 1. The summed E-state index contributed by atoms with van der Waals surface area (Å²) in [5.74, 6) is 0. The molecule has 0 saturated heterocycles. The van der Waals surface area contributed by atoms with E-state index in [0.29, 0.717) is 0 Å². The summed E-state index contributed by atoms with van der Waals surface area (Å²) in [7, 11) is -11.5. The summed E-state index contributed by atoms with van der Waals surface area (Å²) in [6, 6.07) is 4.28. The van der Waals surface area contributed by atoms with Gasteiger partial charge in [0.2, 0.25) is 0 Å². The van der Waals surface area contributed by atoms with Gasteiger partial charge in [-0.15, -0.1) is 4.48 Å². The standard InChI is InChI=1S/C14H8F7NO4S2/c15-13(16,17)9-6-7-12(11(8-9)14(18,19)20)28(25,26)22(21)27(23,24)10-4-2-1-3-5-10/h1-8H. The first-order valence-corrected chi connectivity index (χ1v) is 9.77. The van der Waals surface area contributed by atoms with Crippen molar-refractivity contribution in [2.75, 3.05) is 0 Å². The van der Waals surface area contributed by atoms with Crippen LogP contribution in [0.3, 0.4) is 0 Å². The minimum Gasteiger partial charge on any atom is -0.203 e. The van der Waals surface area contributed by atoms with E-state index in [1.54, 1.807) is 0 Å². The second-order valence-electron chi connectivity index (χ2n) is 5.18. The molecule has 0 aromatic heterocycles. The van der Waals surface area contributed by atoms with Crippen molar-refractivity contribution in [1.82, 2.24) is 3.93 Å². The maximum atomic E-state index is 14.3. The molecule has 0 heterocycles. The van der Waals surface area contributed by atoms with Crippen LogP contribution in [0.5, 0.6) is 0 Å². The Bertz CT molecular complexity index is 1080. The first-order valence-electron chi connectivity index (χ1n) is 6.89. The van der Waals surface area contributed by atoms with E-state index in [0.717, 1.165) is 24.3 Å². The van der Waals surface area contributed by atoms with Crippen molar-refractivity contribution in [1.29, 1.82) is 0 Å². The molecule has 0 N–H and O–H groups in total. The fourth-order valence-electron chi connectivity index (χ4n) is 2.03. The molecule has 5 nitrogen and oxygen atoms in total. The lowest BCUT2D eigenvalue weighted by Gasteiger charge is -2.18. The molecule has 0 spiro atoms. The van der Waals surface area contributed by atoms with Crippen molar-refractivity contribution in [2.24, 2.45) is 0 Å². The Balaban J connectivity index is 2.69. The lowest BCUT2D eigenvalue weighted by Crippen LogP contribution is -2.31. The molecule has 0 fully saturated rings. The van der Waals surface area contributed by atoms with Crippen LogP contribution in [0.1, 0.15) is 11.1 Å². The Hall–Kier alpha value is -2.19. The highest BCUT2D eigenvalue weighted by molar-refractivity contribution is 8.03. The molecule has 0 unspecified atom stereocenters. The minimum absolute atomic E-state index is 0.0366. The number of halogens is 7. The first kappa shape index (κ1) is 22.1. The Morgan fingerprint density at radius 1 is 0.714 bits per heavy atom. The molecule has 2 aromatic carbocycles. The summed E-state index contributed by atoms with van der Waals surface area (Å²) in [6.07, 6.45) is -10.9. The molecule has 2 rings (SSSR count). The van der Waals surface area contributed by atoms with Crippen LogP contribution in [0.2, 0.25) is 0 Å². The van der Waals surface area contributed by atoms with Gasteiger partial charge in [0.05, 0.1) is 24.9 Å². The molecule has 0 amide bonds. The smallest absolute Gasteiger partial charge is 0.203 e. The van der Waals surface area contributed by atoms with Gasteiger partial charge in [-0.2, -0.15) is 26.3 Å². The molecule has 0 atom stereocenters. The molecule has 0 bridgehead atoms. The monoisotopic (exact) mass is 451 g/mol. The van der Waals surface area contributed by atoms with Gasteiger partial charge in [0.1, 0.15) is 0 Å². The van der Waals surface area contributed by atoms with E-state index in [1.807, 2.05) is 0 Å². The van der Waals surface area contributed by atoms with Crippen molar-refractivity contribution in [3.8, 4) is 0 Å². The number of hydrogen-bond donors (Lipinski definition) is 0. The lowest BCUT2D eigenvalue weighted by molar-refractivity contribution is -0.144. The number of benzene rings is 2. The van der Waals surface area contributed by atoms with Gasteiger partial charge in [0.25, 0.3) is 20.0 Å². The summed E-state index contributed by atoms with van der Waals surface area (Å²) in [5.41, 5.74) is -4.22. The van der Waals surface area contributed by atoms with Crippen LogP contribution in [0.4, 0.5) is 30.8 Å². The summed E-state index contributed by atoms with van der Waals surface area (Å²) in [5, 5.41) is 0. The van der Waals surface area contributed by atoms with Crippen LogP contribution in [-0.2, 0) is 32.4 Å². The molecule has 0 radical (unpaired) electrons. The van der Waals surface area contributed by atoms with Crippen LogP contribution in [0.15, 0.2) is 58.3 Å². The SMILES string of the molecule is O=S(=O)(c1ccccc1)N(F)S(=O)(=O)c1ccc(C(F)(F)F)cc1C(F)(F)F. The van der Waals surface area contributed by atoms with Crippen LogP contribution in [-0.4, -0.2) is 20.8 Å². The van der Waals surface area contributed by atoms with E-state index in [9.17, 15) is 47.7 Å². The third kappa shape index (κ3) is 4.12. The Labute approximate surface area is 154 Å². The van der Waals surface area contributed by atoms with Gasteiger partial charge >= 0.3 is 12.4 Å². The Morgan fingerprint density at radius 3 is 1.71 bits per heavy atom. The summed E-state index contributed by atoms with van der Waals surface area (Å²) in [6.45, 7) is 0. The molecule has 0 aliphatic rings. The van der Waals surface area contributed by atoms with Gasteiger partial charge in [0, 0.05) is 0 Å². The van der Waals surface area contributed by atoms with Crippen molar-refractivity contribution >= 4 is 20.0 Å². The topological polar surface area (TPSA) is 71.5 Å². The minimum atomic E-state index is -6.03. The highest BCUT2D eigenvalue weighted by Gasteiger charge is 2.45. The molecule has 14 heteroatoms. The van der Waals surface area contributed by atoms with Crippen molar-refractivity contribution in [3.05, 3.63) is 59.7 Å². The zero-order chi connectivity index (χ0) is 21.5. The average molecular weight is 451 g/mol. The van der Waals surface area contributed by atoms with Gasteiger partial charge in [0.15, 0.2) is 0 Å². The van der Waals surface area contributed by atoms with E-state index < -0.39 is 63.3 Å². The Kier molecular flexibility index (Phi) is 5.53. The first-order chi connectivity index (χ1) is 12.6. The van der Waals surface area contributed by atoms with Crippen LogP contribution >= 0.6 is 0 Å². The lowest BCUT2D eigenvalue weighted by atomic mass is 10.1. The van der Waals surface area contributed by atoms with E-state index >= 15 is 0 Å². The average Bonchev–Trinajstić information content (AvgIpc) is 2.59. The normalized spacial score (nSPS) is 13.7. The maximum absolute atomic E-state index is 14.3. The molecule has 0 aliphatic carbocycles. The molecule has 2 aromatic rings. The molecule has 154 valence electrons. The van der Waals surface area contributed by atoms with Gasteiger partial charge in [-0.3, -0.25) is 0 Å². The summed E-state index contributed by atoms with van der Waals surface area (Å²) in [4.78, 5) is -2.89. The third-order valence-corrected chi connectivity index (χ3v) is 7.02. The predicted octanol–water partition coefficient (Wildman–Crippen LogP) is 3.99. The quantitative estimate of drug-likeness (QED) is 0.521. The predicted molar refractivity (Wildman–Crippen MR) is 80.2 cm³/mol. The van der Waals surface area contributed by atoms with Gasteiger partial charge in [-0.25, -0.2) is 16.8 Å². The van der Waals surface area contributed by atoms with Crippen molar-refractivity contribution in [3.63, 3.8) is 0 Å². The van der Waals surface area contributed by atoms with Gasteiger partial charge in [-0.05, 0) is 30.3 Å². The molecule has 0 saturated carbocycles. The van der Waals surface area contributed by atoms with Gasteiger partial charge in [-0.1, -0.05) is 18.2 Å². The number of rotatable bonds is 4. The zero-order valence-electron chi connectivity index (χ0n) is 13.2. The fraction of sp³-hybridized carbons (Fsp3) is 0.143.